The first-order valence-corrected chi connectivity index (χ1v) is 9.04. The van der Waals surface area contributed by atoms with E-state index in [1.54, 1.807) is 0 Å². The standard InChI is InChI=1S/C17H17N7OS/c1-9(2)16-22-23-17(26-16)19-13(25)8-12-18-15-14(21-20-12)10-6-4-5-7-11(10)24(15)3/h4-7,9H,8H2,1-3H3,(H,19,23,25). The Morgan fingerprint density at radius 1 is 1.19 bits per heavy atom. The van der Waals surface area contributed by atoms with E-state index in [0.717, 1.165) is 21.4 Å². The number of benzene rings is 1. The van der Waals surface area contributed by atoms with Gasteiger partial charge in [0.15, 0.2) is 11.5 Å². The maximum absolute atomic E-state index is 12.3. The Kier molecular flexibility index (Phi) is 4.08. The second-order valence-corrected chi connectivity index (χ2v) is 7.31. The van der Waals surface area contributed by atoms with Gasteiger partial charge in [0.05, 0.1) is 11.9 Å². The number of carbonyl (C=O) groups is 1. The summed E-state index contributed by atoms with van der Waals surface area (Å²) in [5.41, 5.74) is 2.47. The number of aromatic nitrogens is 6. The molecule has 0 aliphatic rings. The highest BCUT2D eigenvalue weighted by Crippen LogP contribution is 2.25. The van der Waals surface area contributed by atoms with E-state index in [-0.39, 0.29) is 18.2 Å². The van der Waals surface area contributed by atoms with Crippen LogP contribution in [0, 0.1) is 0 Å². The van der Waals surface area contributed by atoms with E-state index < -0.39 is 0 Å². The maximum Gasteiger partial charge on any atom is 0.233 e. The van der Waals surface area contributed by atoms with Crippen molar-refractivity contribution in [3.63, 3.8) is 0 Å². The fraction of sp³-hybridized carbons (Fsp3) is 0.294. The van der Waals surface area contributed by atoms with Gasteiger partial charge in [0.25, 0.3) is 0 Å². The van der Waals surface area contributed by atoms with Crippen molar-refractivity contribution in [3.05, 3.63) is 35.1 Å². The Morgan fingerprint density at radius 3 is 2.77 bits per heavy atom. The van der Waals surface area contributed by atoms with E-state index in [2.05, 4.69) is 30.7 Å². The molecule has 0 saturated heterocycles. The first-order chi connectivity index (χ1) is 12.5. The maximum atomic E-state index is 12.3. The lowest BCUT2D eigenvalue weighted by molar-refractivity contribution is -0.115. The van der Waals surface area contributed by atoms with Gasteiger partial charge in [-0.25, -0.2) is 4.98 Å². The molecule has 9 heteroatoms. The number of para-hydroxylation sites is 1. The SMILES string of the molecule is CC(C)c1nnc(NC(=O)Cc2nnc3c4ccccc4n(C)c3n2)s1. The van der Waals surface area contributed by atoms with Crippen LogP contribution in [0.25, 0.3) is 22.1 Å². The Hall–Kier alpha value is -2.94. The molecular formula is C17H17N7OS. The number of nitrogens with one attached hydrogen (secondary N) is 1. The van der Waals surface area contributed by atoms with E-state index in [4.69, 9.17) is 0 Å². The molecule has 0 aliphatic carbocycles. The van der Waals surface area contributed by atoms with Crippen LogP contribution in [0.2, 0.25) is 0 Å². The number of carbonyl (C=O) groups excluding carboxylic acids is 1. The molecule has 26 heavy (non-hydrogen) atoms. The second-order valence-electron chi connectivity index (χ2n) is 6.30. The average Bonchev–Trinajstić information content (AvgIpc) is 3.19. The summed E-state index contributed by atoms with van der Waals surface area (Å²) < 4.78 is 1.96. The molecule has 1 N–H and O–H groups in total. The van der Waals surface area contributed by atoms with Crippen LogP contribution in [-0.4, -0.2) is 35.9 Å². The zero-order chi connectivity index (χ0) is 18.3. The number of nitrogens with zero attached hydrogens (tertiary/aromatic N) is 6. The normalized spacial score (nSPS) is 11.5. The summed E-state index contributed by atoms with van der Waals surface area (Å²) in [6, 6.07) is 7.92. The molecule has 3 aromatic heterocycles. The van der Waals surface area contributed by atoms with Gasteiger partial charge >= 0.3 is 0 Å². The Morgan fingerprint density at radius 2 is 2.00 bits per heavy atom. The van der Waals surface area contributed by atoms with E-state index in [9.17, 15) is 4.79 Å². The molecule has 0 radical (unpaired) electrons. The molecule has 0 bridgehead atoms. The lowest BCUT2D eigenvalue weighted by atomic mass is 10.2. The largest absolute Gasteiger partial charge is 0.327 e. The topological polar surface area (TPSA) is 98.5 Å². The van der Waals surface area contributed by atoms with Gasteiger partial charge in [0.1, 0.15) is 10.5 Å². The highest BCUT2D eigenvalue weighted by molar-refractivity contribution is 7.15. The Bertz CT molecular complexity index is 1110. The molecule has 0 saturated carbocycles. The average molecular weight is 367 g/mol. The molecule has 132 valence electrons. The molecule has 1 aromatic carbocycles. The van der Waals surface area contributed by atoms with Gasteiger partial charge in [-0.3, -0.25) is 4.79 Å². The summed E-state index contributed by atoms with van der Waals surface area (Å²) in [4.78, 5) is 16.8. The van der Waals surface area contributed by atoms with Gasteiger partial charge in [0.2, 0.25) is 11.0 Å². The highest BCUT2D eigenvalue weighted by atomic mass is 32.1. The smallest absolute Gasteiger partial charge is 0.233 e. The van der Waals surface area contributed by atoms with Crippen LogP contribution in [-0.2, 0) is 18.3 Å². The lowest BCUT2D eigenvalue weighted by Crippen LogP contribution is -2.16. The monoisotopic (exact) mass is 367 g/mol. The summed E-state index contributed by atoms with van der Waals surface area (Å²) in [6.07, 6.45) is 0.0288. The van der Waals surface area contributed by atoms with Crippen molar-refractivity contribution in [2.45, 2.75) is 26.2 Å². The minimum atomic E-state index is -0.239. The van der Waals surface area contributed by atoms with Crippen molar-refractivity contribution in [2.24, 2.45) is 7.05 Å². The minimum absolute atomic E-state index is 0.0288. The van der Waals surface area contributed by atoms with Crippen LogP contribution in [0.4, 0.5) is 5.13 Å². The van der Waals surface area contributed by atoms with Crippen molar-refractivity contribution in [3.8, 4) is 0 Å². The number of rotatable bonds is 4. The van der Waals surface area contributed by atoms with Crippen LogP contribution in [0.1, 0.15) is 30.6 Å². The minimum Gasteiger partial charge on any atom is -0.327 e. The molecule has 4 aromatic rings. The zero-order valence-corrected chi connectivity index (χ0v) is 15.4. The molecular weight excluding hydrogens is 350 g/mol. The molecule has 3 heterocycles. The number of aryl methyl sites for hydroxylation is 1. The first kappa shape index (κ1) is 16.5. The highest BCUT2D eigenvalue weighted by Gasteiger charge is 2.15. The quantitative estimate of drug-likeness (QED) is 0.595. The fourth-order valence-electron chi connectivity index (χ4n) is 2.74. The van der Waals surface area contributed by atoms with E-state index in [1.807, 2.05) is 49.7 Å². The van der Waals surface area contributed by atoms with E-state index >= 15 is 0 Å². The van der Waals surface area contributed by atoms with Crippen molar-refractivity contribution in [1.29, 1.82) is 0 Å². The number of fused-ring (bicyclic) bond motifs is 3. The van der Waals surface area contributed by atoms with Crippen LogP contribution < -0.4 is 5.32 Å². The number of amides is 1. The van der Waals surface area contributed by atoms with Crippen LogP contribution in [0.15, 0.2) is 24.3 Å². The number of hydrogen-bond donors (Lipinski definition) is 1. The first-order valence-electron chi connectivity index (χ1n) is 8.23. The van der Waals surface area contributed by atoms with E-state index in [1.165, 1.54) is 11.3 Å². The summed E-state index contributed by atoms with van der Waals surface area (Å²) in [6.45, 7) is 4.06. The fourth-order valence-corrected chi connectivity index (χ4v) is 3.50. The van der Waals surface area contributed by atoms with Gasteiger partial charge < -0.3 is 9.88 Å². The van der Waals surface area contributed by atoms with Crippen LogP contribution in [0.5, 0.6) is 0 Å². The summed E-state index contributed by atoms with van der Waals surface area (Å²) >= 11 is 1.37. The van der Waals surface area contributed by atoms with Crippen LogP contribution >= 0.6 is 11.3 Å². The van der Waals surface area contributed by atoms with Gasteiger partial charge in [-0.1, -0.05) is 43.4 Å². The predicted molar refractivity (Wildman–Crippen MR) is 100 cm³/mol. The number of anilines is 1. The van der Waals surface area contributed by atoms with Gasteiger partial charge in [-0.2, -0.15) is 0 Å². The van der Waals surface area contributed by atoms with Gasteiger partial charge in [-0.05, 0) is 6.07 Å². The third-order valence-electron chi connectivity index (χ3n) is 4.05. The molecule has 8 nitrogen and oxygen atoms in total. The second kappa shape index (κ2) is 6.41. The molecule has 0 fully saturated rings. The zero-order valence-electron chi connectivity index (χ0n) is 14.6. The third kappa shape index (κ3) is 2.90. The third-order valence-corrected chi connectivity index (χ3v) is 5.19. The van der Waals surface area contributed by atoms with Gasteiger partial charge in [0, 0.05) is 18.4 Å². The number of hydrogen-bond acceptors (Lipinski definition) is 7. The molecule has 4 rings (SSSR count). The molecule has 0 atom stereocenters. The summed E-state index contributed by atoms with van der Waals surface area (Å²) in [7, 11) is 1.93. The van der Waals surface area contributed by atoms with Crippen molar-refractivity contribution >= 4 is 44.4 Å². The Balaban J connectivity index is 1.57. The van der Waals surface area contributed by atoms with E-state index in [0.29, 0.717) is 16.6 Å². The summed E-state index contributed by atoms with van der Waals surface area (Å²) in [5, 5.41) is 21.6. The van der Waals surface area contributed by atoms with Gasteiger partial charge in [-0.15, -0.1) is 20.4 Å². The molecule has 0 spiro atoms. The van der Waals surface area contributed by atoms with Crippen molar-refractivity contribution in [1.82, 2.24) is 29.9 Å². The van der Waals surface area contributed by atoms with Crippen molar-refractivity contribution < 1.29 is 4.79 Å². The lowest BCUT2D eigenvalue weighted by Gasteiger charge is -2.01. The van der Waals surface area contributed by atoms with Crippen LogP contribution in [0.3, 0.4) is 0 Å². The molecule has 0 aliphatic heterocycles. The molecule has 1 amide bonds. The Labute approximate surface area is 153 Å². The predicted octanol–water partition coefficient (Wildman–Crippen LogP) is 2.67. The summed E-state index contributed by atoms with van der Waals surface area (Å²) in [5.74, 6) is 0.408. The molecule has 0 unspecified atom stereocenters. The van der Waals surface area contributed by atoms with Crippen molar-refractivity contribution in [2.75, 3.05) is 5.32 Å².